The molecule has 0 aliphatic heterocycles. The molecule has 21 heavy (non-hydrogen) atoms. The van der Waals surface area contributed by atoms with E-state index in [0.717, 1.165) is 23.5 Å². The van der Waals surface area contributed by atoms with Crippen LogP contribution in [-0.2, 0) is 12.6 Å². The Hall–Kier alpha value is -1.23. The molecule has 1 unspecified atom stereocenters. The van der Waals surface area contributed by atoms with Crippen LogP contribution < -0.4 is 0 Å². The van der Waals surface area contributed by atoms with Crippen LogP contribution in [0.1, 0.15) is 38.2 Å². The molecule has 2 aromatic rings. The van der Waals surface area contributed by atoms with Crippen LogP contribution in [-0.4, -0.2) is 15.4 Å². The summed E-state index contributed by atoms with van der Waals surface area (Å²) in [6, 6.07) is 3.86. The van der Waals surface area contributed by atoms with Crippen LogP contribution in [0.2, 0.25) is 0 Å². The first-order valence-corrected chi connectivity index (χ1v) is 7.43. The summed E-state index contributed by atoms with van der Waals surface area (Å²) < 4.78 is 40.4. The van der Waals surface area contributed by atoms with Crippen LogP contribution in [0.25, 0.3) is 11.0 Å². The van der Waals surface area contributed by atoms with E-state index in [1.54, 1.807) is 0 Å². The lowest BCUT2D eigenvalue weighted by Gasteiger charge is -2.21. The molecule has 116 valence electrons. The molecular weight excluding hydrogens is 301 g/mol. The third-order valence-corrected chi connectivity index (χ3v) is 3.97. The molecule has 2 rings (SSSR count). The fourth-order valence-electron chi connectivity index (χ4n) is 2.34. The van der Waals surface area contributed by atoms with Gasteiger partial charge >= 0.3 is 6.18 Å². The summed E-state index contributed by atoms with van der Waals surface area (Å²) in [7, 11) is 0. The third kappa shape index (κ3) is 3.18. The summed E-state index contributed by atoms with van der Waals surface area (Å²) in [4.78, 5) is 4.36. The first-order valence-electron chi connectivity index (χ1n) is 6.89. The number of nitrogens with zero attached hydrogens (tertiary/aromatic N) is 2. The number of aromatic nitrogens is 2. The Balaban J connectivity index is 2.62. The number of halogens is 4. The van der Waals surface area contributed by atoms with Crippen LogP contribution >= 0.6 is 11.6 Å². The lowest BCUT2D eigenvalue weighted by molar-refractivity contribution is -0.137. The van der Waals surface area contributed by atoms with E-state index < -0.39 is 11.7 Å². The van der Waals surface area contributed by atoms with Crippen molar-refractivity contribution >= 4 is 22.6 Å². The standard InChI is InChI=1S/C15H18ClF3N2/c1-9(2)10(3)21-13-5-4-11(15(17,18)19)8-12(13)20-14(21)6-7-16/h4-5,8-10H,6-7H2,1-3H3. The van der Waals surface area contributed by atoms with Gasteiger partial charge in [0, 0.05) is 18.3 Å². The van der Waals surface area contributed by atoms with E-state index in [-0.39, 0.29) is 6.04 Å². The topological polar surface area (TPSA) is 17.8 Å². The zero-order valence-electron chi connectivity index (χ0n) is 12.2. The fourth-order valence-corrected chi connectivity index (χ4v) is 2.51. The van der Waals surface area contributed by atoms with Crippen LogP contribution in [0.15, 0.2) is 18.2 Å². The Morgan fingerprint density at radius 1 is 1.24 bits per heavy atom. The van der Waals surface area contributed by atoms with Gasteiger partial charge in [0.2, 0.25) is 0 Å². The van der Waals surface area contributed by atoms with Gasteiger partial charge in [0.1, 0.15) is 5.82 Å². The predicted molar refractivity (Wildman–Crippen MR) is 78.7 cm³/mol. The SMILES string of the molecule is CC(C)C(C)n1c(CCCl)nc2cc(C(F)(F)F)ccc21. The molecule has 0 saturated carbocycles. The lowest BCUT2D eigenvalue weighted by Crippen LogP contribution is -2.15. The summed E-state index contributed by atoms with van der Waals surface area (Å²) in [5, 5.41) is 0. The predicted octanol–water partition coefficient (Wildman–Crippen LogP) is 5.05. The second-order valence-electron chi connectivity index (χ2n) is 5.52. The zero-order valence-corrected chi connectivity index (χ0v) is 13.0. The number of imidazole rings is 1. The number of hydrogen-bond donors (Lipinski definition) is 0. The molecule has 0 spiro atoms. The van der Waals surface area contributed by atoms with Crippen molar-refractivity contribution in [2.75, 3.05) is 5.88 Å². The first kappa shape index (κ1) is 16.1. The normalized spacial score (nSPS) is 14.1. The maximum atomic E-state index is 12.8. The minimum atomic E-state index is -4.35. The highest BCUT2D eigenvalue weighted by Gasteiger charge is 2.31. The maximum absolute atomic E-state index is 12.8. The van der Waals surface area contributed by atoms with E-state index in [1.165, 1.54) is 6.07 Å². The van der Waals surface area contributed by atoms with Crippen LogP contribution in [0.3, 0.4) is 0 Å². The van der Waals surface area contributed by atoms with Gasteiger partial charge in [-0.15, -0.1) is 11.6 Å². The molecular formula is C15H18ClF3N2. The monoisotopic (exact) mass is 318 g/mol. The first-order chi connectivity index (χ1) is 9.75. The van der Waals surface area contributed by atoms with E-state index in [1.807, 2.05) is 11.5 Å². The van der Waals surface area contributed by atoms with Gasteiger partial charge in [-0.3, -0.25) is 0 Å². The van der Waals surface area contributed by atoms with Crippen LogP contribution in [0, 0.1) is 5.92 Å². The molecule has 0 fully saturated rings. The molecule has 0 amide bonds. The van der Waals surface area contributed by atoms with Gasteiger partial charge in [-0.25, -0.2) is 4.98 Å². The molecule has 0 saturated heterocycles. The van der Waals surface area contributed by atoms with Crippen molar-refractivity contribution in [1.29, 1.82) is 0 Å². The average molecular weight is 319 g/mol. The van der Waals surface area contributed by atoms with E-state index in [9.17, 15) is 13.2 Å². The van der Waals surface area contributed by atoms with E-state index in [0.29, 0.717) is 23.7 Å². The minimum absolute atomic E-state index is 0.143. The second-order valence-corrected chi connectivity index (χ2v) is 5.90. The quantitative estimate of drug-likeness (QED) is 0.721. The molecule has 0 bridgehead atoms. The van der Waals surface area contributed by atoms with Crippen molar-refractivity contribution in [3.8, 4) is 0 Å². The van der Waals surface area contributed by atoms with Crippen molar-refractivity contribution in [3.63, 3.8) is 0 Å². The number of rotatable bonds is 4. The Morgan fingerprint density at radius 3 is 2.43 bits per heavy atom. The molecule has 0 aliphatic rings. The number of alkyl halides is 4. The van der Waals surface area contributed by atoms with Gasteiger partial charge < -0.3 is 4.57 Å². The zero-order chi connectivity index (χ0) is 15.8. The third-order valence-electron chi connectivity index (χ3n) is 3.78. The Kier molecular flexibility index (Phi) is 4.51. The van der Waals surface area contributed by atoms with Gasteiger partial charge in [0.25, 0.3) is 0 Å². The van der Waals surface area contributed by atoms with Crippen molar-refractivity contribution in [1.82, 2.24) is 9.55 Å². The van der Waals surface area contributed by atoms with Crippen LogP contribution in [0.5, 0.6) is 0 Å². The summed E-state index contributed by atoms with van der Waals surface area (Å²) in [5.74, 6) is 1.47. The highest BCUT2D eigenvalue weighted by molar-refractivity contribution is 6.17. The molecule has 1 atom stereocenters. The van der Waals surface area contributed by atoms with E-state index in [2.05, 4.69) is 18.8 Å². The molecule has 2 nitrogen and oxygen atoms in total. The van der Waals surface area contributed by atoms with Crippen molar-refractivity contribution in [2.24, 2.45) is 5.92 Å². The summed E-state index contributed by atoms with van der Waals surface area (Å²) in [6.07, 6.45) is -3.82. The molecule has 0 radical (unpaired) electrons. The lowest BCUT2D eigenvalue weighted by atomic mass is 10.1. The van der Waals surface area contributed by atoms with Crippen LogP contribution in [0.4, 0.5) is 13.2 Å². The number of benzene rings is 1. The smallest absolute Gasteiger partial charge is 0.325 e. The maximum Gasteiger partial charge on any atom is 0.416 e. The Bertz CT molecular complexity index is 632. The summed E-state index contributed by atoms with van der Waals surface area (Å²) >= 11 is 5.79. The molecule has 1 aromatic carbocycles. The van der Waals surface area contributed by atoms with Gasteiger partial charge in [-0.05, 0) is 31.0 Å². The number of fused-ring (bicyclic) bond motifs is 1. The number of aryl methyl sites for hydroxylation is 1. The molecule has 0 aliphatic carbocycles. The molecule has 1 aromatic heterocycles. The highest BCUT2D eigenvalue weighted by atomic mass is 35.5. The van der Waals surface area contributed by atoms with Gasteiger partial charge in [0.05, 0.1) is 16.6 Å². The molecule has 1 heterocycles. The van der Waals surface area contributed by atoms with Gasteiger partial charge in [0.15, 0.2) is 0 Å². The second kappa shape index (κ2) is 5.87. The Morgan fingerprint density at radius 2 is 1.90 bits per heavy atom. The average Bonchev–Trinajstić information content (AvgIpc) is 2.74. The van der Waals surface area contributed by atoms with Crippen molar-refractivity contribution in [3.05, 3.63) is 29.6 Å². The molecule has 6 heteroatoms. The van der Waals surface area contributed by atoms with Crippen molar-refractivity contribution in [2.45, 2.75) is 39.4 Å². The fraction of sp³-hybridized carbons (Fsp3) is 0.533. The molecule has 0 N–H and O–H groups in total. The van der Waals surface area contributed by atoms with E-state index >= 15 is 0 Å². The van der Waals surface area contributed by atoms with Crippen molar-refractivity contribution < 1.29 is 13.2 Å². The Labute approximate surface area is 126 Å². The summed E-state index contributed by atoms with van der Waals surface area (Å²) in [5.41, 5.74) is 0.427. The van der Waals surface area contributed by atoms with E-state index in [4.69, 9.17) is 11.6 Å². The van der Waals surface area contributed by atoms with Gasteiger partial charge in [-0.2, -0.15) is 13.2 Å². The summed E-state index contributed by atoms with van der Waals surface area (Å²) in [6.45, 7) is 6.19. The highest BCUT2D eigenvalue weighted by Crippen LogP contribution is 2.33. The van der Waals surface area contributed by atoms with Gasteiger partial charge in [-0.1, -0.05) is 13.8 Å². The largest absolute Gasteiger partial charge is 0.416 e. The minimum Gasteiger partial charge on any atom is -0.325 e. The number of hydrogen-bond acceptors (Lipinski definition) is 1.